The number of nitrogens with one attached hydrogen (secondary N) is 1. The van der Waals surface area contributed by atoms with Crippen LogP contribution in [0.3, 0.4) is 0 Å². The van der Waals surface area contributed by atoms with Crippen molar-refractivity contribution in [3.63, 3.8) is 0 Å². The van der Waals surface area contributed by atoms with Crippen molar-refractivity contribution < 1.29 is 4.74 Å². The summed E-state index contributed by atoms with van der Waals surface area (Å²) in [7, 11) is 1.56. The van der Waals surface area contributed by atoms with Gasteiger partial charge in [-0.1, -0.05) is 23.2 Å². The molecular formula is C17H14BrCl2N5OS. The molecular weight excluding hydrogens is 473 g/mol. The van der Waals surface area contributed by atoms with E-state index in [-0.39, 0.29) is 17.0 Å². The lowest BCUT2D eigenvalue weighted by Crippen LogP contribution is -1.94. The van der Waals surface area contributed by atoms with Crippen LogP contribution in [-0.4, -0.2) is 26.5 Å². The molecule has 0 aliphatic heterocycles. The molecule has 27 heavy (non-hydrogen) atoms. The van der Waals surface area contributed by atoms with E-state index >= 15 is 0 Å². The second kappa shape index (κ2) is 8.02. The zero-order valence-corrected chi connectivity index (χ0v) is 18.3. The molecule has 0 saturated heterocycles. The van der Waals surface area contributed by atoms with Gasteiger partial charge >= 0.3 is 0 Å². The molecule has 0 radical (unpaired) electrons. The molecule has 10 heteroatoms. The number of aromatic nitrogens is 4. The Bertz CT molecular complexity index is 1090. The summed E-state index contributed by atoms with van der Waals surface area (Å²) in [6.07, 6.45) is 3.63. The van der Waals surface area contributed by atoms with E-state index in [1.54, 1.807) is 25.4 Å². The highest BCUT2D eigenvalue weighted by atomic mass is 79.9. The Labute approximate surface area is 179 Å². The molecule has 0 aliphatic carbocycles. The maximum absolute atomic E-state index is 6.30. The molecule has 1 aromatic carbocycles. The van der Waals surface area contributed by atoms with E-state index in [4.69, 9.17) is 27.9 Å². The molecule has 4 rings (SSSR count). The van der Waals surface area contributed by atoms with Crippen LogP contribution < -0.4 is 10.1 Å². The minimum Gasteiger partial charge on any atom is -0.497 e. The average Bonchev–Trinajstić information content (AvgIpc) is 3.20. The number of halogens is 3. The Morgan fingerprint density at radius 1 is 1.19 bits per heavy atom. The van der Waals surface area contributed by atoms with Gasteiger partial charge in [0, 0.05) is 29.9 Å². The Kier molecular flexibility index (Phi) is 5.90. The van der Waals surface area contributed by atoms with Crippen molar-refractivity contribution in [3.8, 4) is 17.1 Å². The highest BCUT2D eigenvalue weighted by Gasteiger charge is 2.16. The first kappa shape index (κ1) is 19.9. The van der Waals surface area contributed by atoms with Gasteiger partial charge < -0.3 is 10.1 Å². The Morgan fingerprint density at radius 2 is 1.93 bits per heavy atom. The van der Waals surface area contributed by atoms with Gasteiger partial charge in [0.2, 0.25) is 5.78 Å². The molecule has 0 spiro atoms. The molecule has 0 fully saturated rings. The van der Waals surface area contributed by atoms with Crippen molar-refractivity contribution in [3.05, 3.63) is 51.7 Å². The van der Waals surface area contributed by atoms with Crippen LogP contribution in [0.4, 0.5) is 10.8 Å². The fourth-order valence-corrected chi connectivity index (χ4v) is 3.90. The second-order valence-corrected chi connectivity index (χ2v) is 7.14. The minimum absolute atomic E-state index is 0. The highest BCUT2D eigenvalue weighted by molar-refractivity contribution is 8.93. The number of methoxy groups -OCH3 is 1. The van der Waals surface area contributed by atoms with E-state index in [0.29, 0.717) is 32.4 Å². The number of thiazole rings is 1. The maximum Gasteiger partial charge on any atom is 0.234 e. The first-order valence-corrected chi connectivity index (χ1v) is 9.26. The van der Waals surface area contributed by atoms with Crippen LogP contribution in [-0.2, 0) is 0 Å². The molecule has 1 N–H and O–H groups in total. The Balaban J connectivity index is 0.00000210. The van der Waals surface area contributed by atoms with E-state index in [2.05, 4.69) is 20.3 Å². The number of fused-ring (bicyclic) bond motifs is 1. The summed E-state index contributed by atoms with van der Waals surface area (Å²) in [6.45, 7) is 1.94. The van der Waals surface area contributed by atoms with Gasteiger partial charge in [0.05, 0.1) is 34.2 Å². The number of anilines is 2. The van der Waals surface area contributed by atoms with Gasteiger partial charge in [0.15, 0.2) is 5.13 Å². The van der Waals surface area contributed by atoms with Gasteiger partial charge in [-0.25, -0.2) is 15.0 Å². The van der Waals surface area contributed by atoms with Gasteiger partial charge in [-0.2, -0.15) is 0 Å². The van der Waals surface area contributed by atoms with Gasteiger partial charge in [-0.15, -0.1) is 28.3 Å². The van der Waals surface area contributed by atoms with Gasteiger partial charge in [0.1, 0.15) is 11.4 Å². The molecule has 0 bridgehead atoms. The van der Waals surface area contributed by atoms with Crippen LogP contribution in [0.1, 0.15) is 5.69 Å². The lowest BCUT2D eigenvalue weighted by atomic mass is 10.3. The monoisotopic (exact) mass is 485 g/mol. The van der Waals surface area contributed by atoms with Gasteiger partial charge in [-0.3, -0.25) is 4.40 Å². The van der Waals surface area contributed by atoms with Crippen LogP contribution in [0, 0.1) is 6.92 Å². The zero-order chi connectivity index (χ0) is 18.3. The smallest absolute Gasteiger partial charge is 0.234 e. The fourth-order valence-electron chi connectivity index (χ4n) is 2.64. The maximum atomic E-state index is 6.30. The normalized spacial score (nSPS) is 10.7. The third kappa shape index (κ3) is 3.75. The molecule has 0 aliphatic rings. The lowest BCUT2D eigenvalue weighted by molar-refractivity contribution is 0.415. The molecule has 4 aromatic rings. The quantitative estimate of drug-likeness (QED) is 0.395. The number of imidazole rings is 1. The van der Waals surface area contributed by atoms with Crippen LogP contribution in [0.15, 0.2) is 36.0 Å². The lowest BCUT2D eigenvalue weighted by Gasteiger charge is -2.10. The van der Waals surface area contributed by atoms with Gasteiger partial charge in [-0.05, 0) is 13.0 Å². The molecule has 0 atom stereocenters. The molecule has 0 unspecified atom stereocenters. The predicted octanol–water partition coefficient (Wildman–Crippen LogP) is 5.80. The van der Waals surface area contributed by atoms with Crippen molar-refractivity contribution in [1.29, 1.82) is 0 Å². The standard InChI is InChI=1S/C17H13Cl2N5OS.BrH/c1-9-15(24-5-3-4-20-16(24)21-9)13-8-26-17(22-13)23-14-11(18)6-10(25-2)7-12(14)19;/h3-8H,1-2H3,(H,22,23);1H. The third-order valence-electron chi connectivity index (χ3n) is 3.81. The zero-order valence-electron chi connectivity index (χ0n) is 14.2. The first-order valence-electron chi connectivity index (χ1n) is 7.62. The van der Waals surface area contributed by atoms with Crippen molar-refractivity contribution in [2.75, 3.05) is 12.4 Å². The molecule has 6 nitrogen and oxygen atoms in total. The third-order valence-corrected chi connectivity index (χ3v) is 5.16. The fraction of sp³-hybridized carbons (Fsp3) is 0.118. The number of aryl methyl sites for hydroxylation is 1. The topological polar surface area (TPSA) is 64.3 Å². The second-order valence-electron chi connectivity index (χ2n) is 5.46. The molecule has 0 amide bonds. The largest absolute Gasteiger partial charge is 0.497 e. The van der Waals surface area contributed by atoms with E-state index in [9.17, 15) is 0 Å². The Morgan fingerprint density at radius 3 is 2.63 bits per heavy atom. The summed E-state index contributed by atoms with van der Waals surface area (Å²) in [5.74, 6) is 1.24. The summed E-state index contributed by atoms with van der Waals surface area (Å²) < 4.78 is 7.08. The van der Waals surface area contributed by atoms with Crippen LogP contribution in [0.25, 0.3) is 17.2 Å². The number of ether oxygens (including phenoxy) is 1. The van der Waals surface area contributed by atoms with Crippen molar-refractivity contribution in [2.24, 2.45) is 0 Å². The van der Waals surface area contributed by atoms with Crippen molar-refractivity contribution >= 4 is 68.1 Å². The predicted molar refractivity (Wildman–Crippen MR) is 115 cm³/mol. The van der Waals surface area contributed by atoms with E-state index in [0.717, 1.165) is 17.1 Å². The van der Waals surface area contributed by atoms with Crippen molar-refractivity contribution in [2.45, 2.75) is 6.92 Å². The number of hydrogen-bond acceptors (Lipinski definition) is 6. The van der Waals surface area contributed by atoms with E-state index in [1.165, 1.54) is 11.3 Å². The number of hydrogen-bond donors (Lipinski definition) is 1. The number of nitrogens with zero attached hydrogens (tertiary/aromatic N) is 4. The molecule has 3 aromatic heterocycles. The number of rotatable bonds is 4. The average molecular weight is 487 g/mol. The minimum atomic E-state index is 0. The molecule has 3 heterocycles. The van der Waals surface area contributed by atoms with Gasteiger partial charge in [0.25, 0.3) is 0 Å². The number of benzene rings is 1. The summed E-state index contributed by atoms with van der Waals surface area (Å²) in [5, 5.41) is 6.73. The highest BCUT2D eigenvalue weighted by Crippen LogP contribution is 2.38. The van der Waals surface area contributed by atoms with Crippen LogP contribution >= 0.6 is 51.5 Å². The summed E-state index contributed by atoms with van der Waals surface area (Å²) in [5.41, 5.74) is 3.16. The summed E-state index contributed by atoms with van der Waals surface area (Å²) in [4.78, 5) is 13.4. The summed E-state index contributed by atoms with van der Waals surface area (Å²) in [6, 6.07) is 5.26. The molecule has 0 saturated carbocycles. The van der Waals surface area contributed by atoms with Crippen LogP contribution in [0.5, 0.6) is 5.75 Å². The first-order chi connectivity index (χ1) is 12.6. The SMILES string of the molecule is Br.COc1cc(Cl)c(Nc2nc(-c3c(C)nc4ncccn34)cs2)c(Cl)c1. The molecule has 140 valence electrons. The van der Waals surface area contributed by atoms with E-state index in [1.807, 2.05) is 29.0 Å². The summed E-state index contributed by atoms with van der Waals surface area (Å²) >= 11 is 14.1. The Hall–Kier alpha value is -1.87. The van der Waals surface area contributed by atoms with E-state index < -0.39 is 0 Å². The van der Waals surface area contributed by atoms with Crippen molar-refractivity contribution in [1.82, 2.24) is 19.4 Å². The van der Waals surface area contributed by atoms with Crippen LogP contribution in [0.2, 0.25) is 10.0 Å².